The van der Waals surface area contributed by atoms with Gasteiger partial charge in [0.2, 0.25) is 0 Å². The van der Waals surface area contributed by atoms with Gasteiger partial charge in [-0.1, -0.05) is 25.7 Å². The smallest absolute Gasteiger partial charge is 0.497 e. The predicted octanol–water partition coefficient (Wildman–Crippen LogP) is 4.44. The Morgan fingerprint density at radius 2 is 1.91 bits per heavy atom. The normalized spacial score (nSPS) is 20.4. The van der Waals surface area contributed by atoms with Crippen LogP contribution in [0.4, 0.5) is 18.9 Å². The number of anilines is 1. The Balaban J connectivity index is 1.75. The minimum absolute atomic E-state index is 0.238. The minimum atomic E-state index is -5.50. The number of aromatic nitrogens is 2. The summed E-state index contributed by atoms with van der Waals surface area (Å²) in [5, 5.41) is 0. The molecule has 0 spiro atoms. The van der Waals surface area contributed by atoms with Crippen molar-refractivity contribution in [2.24, 2.45) is 13.0 Å². The second-order valence-corrected chi connectivity index (χ2v) is 11.2. The van der Waals surface area contributed by atoms with Gasteiger partial charge >= 0.3 is 15.5 Å². The molecule has 0 radical (unpaired) electrons. The fourth-order valence-corrected chi connectivity index (χ4v) is 6.09. The number of halogens is 3. The largest absolute Gasteiger partial charge is 0.511 e. The SMILES string of the molecule is COc1ccc2c(c1)CN(S(=O)(=O)C(F)(F)F)C[C@@H](CCC1CCCC1)N2Cc1cn(C)cn1. The second kappa shape index (κ2) is 9.77. The molecule has 2 aromatic rings. The zero-order valence-electron chi connectivity index (χ0n) is 19.5. The highest BCUT2D eigenvalue weighted by Gasteiger charge is 2.51. The molecule has 0 saturated heterocycles. The highest BCUT2D eigenvalue weighted by molar-refractivity contribution is 7.89. The Bertz CT molecular complexity index is 1100. The van der Waals surface area contributed by atoms with Crippen LogP contribution in [0.1, 0.15) is 49.8 Å². The number of methoxy groups -OCH3 is 1. The number of alkyl halides is 3. The van der Waals surface area contributed by atoms with E-state index in [9.17, 15) is 21.6 Å². The number of hydrogen-bond acceptors (Lipinski definition) is 5. The lowest BCUT2D eigenvalue weighted by molar-refractivity contribution is -0.0492. The van der Waals surface area contributed by atoms with Crippen molar-refractivity contribution >= 4 is 15.7 Å². The van der Waals surface area contributed by atoms with Crippen molar-refractivity contribution in [1.29, 1.82) is 0 Å². The van der Waals surface area contributed by atoms with Crippen LogP contribution in [-0.4, -0.2) is 47.5 Å². The molecule has 4 rings (SSSR count). The summed E-state index contributed by atoms with van der Waals surface area (Å²) < 4.78 is 73.5. The molecule has 0 amide bonds. The lowest BCUT2D eigenvalue weighted by Gasteiger charge is -2.34. The zero-order chi connectivity index (χ0) is 24.5. The van der Waals surface area contributed by atoms with Crippen molar-refractivity contribution in [3.63, 3.8) is 0 Å². The first-order chi connectivity index (χ1) is 16.1. The van der Waals surface area contributed by atoms with Gasteiger partial charge in [0.15, 0.2) is 0 Å². The molecule has 0 unspecified atom stereocenters. The standard InChI is InChI=1S/C23H31F3N4O3S/c1-28-13-19(27-16-28)14-30-20(8-7-17-5-3-4-6-17)15-29(34(31,32)23(24,25)26)12-18-11-21(33-2)9-10-22(18)30/h9-11,13,16-17,20H,3-8,12,14-15H2,1-2H3/t20-/m1/s1. The topological polar surface area (TPSA) is 67.7 Å². The van der Waals surface area contributed by atoms with Crippen molar-refractivity contribution in [3.8, 4) is 5.75 Å². The van der Waals surface area contributed by atoms with Crippen molar-refractivity contribution < 1.29 is 26.3 Å². The first kappa shape index (κ1) is 24.8. The average Bonchev–Trinajstić information content (AvgIpc) is 3.42. The number of hydrogen-bond donors (Lipinski definition) is 0. The molecular weight excluding hydrogens is 469 g/mol. The van der Waals surface area contributed by atoms with Gasteiger partial charge < -0.3 is 14.2 Å². The van der Waals surface area contributed by atoms with E-state index in [4.69, 9.17) is 4.74 Å². The van der Waals surface area contributed by atoms with Crippen LogP contribution >= 0.6 is 0 Å². The van der Waals surface area contributed by atoms with Gasteiger partial charge in [-0.2, -0.15) is 17.5 Å². The Morgan fingerprint density at radius 3 is 2.53 bits per heavy atom. The number of benzene rings is 1. The lowest BCUT2D eigenvalue weighted by Crippen LogP contribution is -2.47. The Labute approximate surface area is 198 Å². The number of sulfonamides is 1. The quantitative estimate of drug-likeness (QED) is 0.562. The number of nitrogens with zero attached hydrogens (tertiary/aromatic N) is 4. The predicted molar refractivity (Wildman–Crippen MR) is 123 cm³/mol. The highest BCUT2D eigenvalue weighted by atomic mass is 32.2. The molecule has 2 aliphatic rings. The molecular formula is C23H31F3N4O3S. The van der Waals surface area contributed by atoms with Gasteiger partial charge in [-0.3, -0.25) is 0 Å². The number of imidazole rings is 1. The van der Waals surface area contributed by atoms with E-state index in [0.717, 1.165) is 25.0 Å². The van der Waals surface area contributed by atoms with Crippen LogP contribution in [0, 0.1) is 5.92 Å². The number of fused-ring (bicyclic) bond motifs is 1. The van der Waals surface area contributed by atoms with Crippen LogP contribution in [0.3, 0.4) is 0 Å². The molecule has 2 heterocycles. The summed E-state index contributed by atoms with van der Waals surface area (Å²) >= 11 is 0. The molecule has 1 aromatic carbocycles. The summed E-state index contributed by atoms with van der Waals surface area (Å²) in [6.07, 6.45) is 9.58. The van der Waals surface area contributed by atoms with Crippen LogP contribution in [-0.2, 0) is 30.2 Å². The van der Waals surface area contributed by atoms with Crippen LogP contribution in [0.5, 0.6) is 5.75 Å². The molecule has 0 N–H and O–H groups in total. The van der Waals surface area contributed by atoms with Crippen LogP contribution in [0.15, 0.2) is 30.7 Å². The first-order valence-corrected chi connectivity index (χ1v) is 13.0. The van der Waals surface area contributed by atoms with E-state index in [0.29, 0.717) is 40.2 Å². The summed E-state index contributed by atoms with van der Waals surface area (Å²) in [5.74, 6) is 0.994. The van der Waals surface area contributed by atoms with Gasteiger partial charge in [0, 0.05) is 38.1 Å². The fraction of sp³-hybridized carbons (Fsp3) is 0.609. The van der Waals surface area contributed by atoms with E-state index in [2.05, 4.69) is 4.98 Å². The van der Waals surface area contributed by atoms with Gasteiger partial charge in [-0.15, -0.1) is 0 Å². The van der Waals surface area contributed by atoms with Crippen molar-refractivity contribution in [1.82, 2.24) is 13.9 Å². The third kappa shape index (κ3) is 5.19. The van der Waals surface area contributed by atoms with Crippen molar-refractivity contribution in [2.75, 3.05) is 18.6 Å². The number of aryl methyl sites for hydroxylation is 1. The Morgan fingerprint density at radius 1 is 1.18 bits per heavy atom. The van der Waals surface area contributed by atoms with E-state index in [1.54, 1.807) is 18.5 Å². The van der Waals surface area contributed by atoms with Gasteiger partial charge in [0.05, 0.1) is 25.7 Å². The summed E-state index contributed by atoms with van der Waals surface area (Å²) in [7, 11) is -2.18. The third-order valence-electron chi connectivity index (χ3n) is 6.90. The van der Waals surface area contributed by atoms with Crippen molar-refractivity contribution in [2.45, 2.75) is 63.2 Å². The zero-order valence-corrected chi connectivity index (χ0v) is 20.3. The van der Waals surface area contributed by atoms with Crippen LogP contribution in [0.2, 0.25) is 0 Å². The maximum absolute atomic E-state index is 13.6. The van der Waals surface area contributed by atoms with Gasteiger partial charge in [-0.05, 0) is 42.5 Å². The maximum atomic E-state index is 13.6. The van der Waals surface area contributed by atoms with Gasteiger partial charge in [-0.25, -0.2) is 13.4 Å². The van der Waals surface area contributed by atoms with E-state index in [1.807, 2.05) is 28.8 Å². The molecule has 188 valence electrons. The third-order valence-corrected chi connectivity index (χ3v) is 8.45. The molecule has 0 bridgehead atoms. The van der Waals surface area contributed by atoms with Crippen molar-refractivity contribution in [3.05, 3.63) is 42.0 Å². The van der Waals surface area contributed by atoms with E-state index in [1.165, 1.54) is 20.0 Å². The summed E-state index contributed by atoms with van der Waals surface area (Å²) in [6, 6.07) is 4.77. The van der Waals surface area contributed by atoms with E-state index < -0.39 is 21.6 Å². The molecule has 7 nitrogen and oxygen atoms in total. The van der Waals surface area contributed by atoms with Gasteiger partial charge in [0.25, 0.3) is 0 Å². The molecule has 34 heavy (non-hydrogen) atoms. The first-order valence-electron chi connectivity index (χ1n) is 11.6. The van der Waals surface area contributed by atoms with Crippen LogP contribution < -0.4 is 9.64 Å². The fourth-order valence-electron chi connectivity index (χ4n) is 5.12. The van der Waals surface area contributed by atoms with Crippen LogP contribution in [0.25, 0.3) is 0 Å². The number of ether oxygens (including phenoxy) is 1. The summed E-state index contributed by atoms with van der Waals surface area (Å²) in [6.45, 7) is -0.235. The monoisotopic (exact) mass is 500 g/mol. The summed E-state index contributed by atoms with van der Waals surface area (Å²) in [5.41, 5.74) is -3.41. The minimum Gasteiger partial charge on any atom is -0.497 e. The summed E-state index contributed by atoms with van der Waals surface area (Å²) in [4.78, 5) is 6.44. The Hall–Kier alpha value is -2.27. The number of rotatable bonds is 7. The molecule has 11 heteroatoms. The Kier molecular flexibility index (Phi) is 7.14. The van der Waals surface area contributed by atoms with Gasteiger partial charge in [0.1, 0.15) is 5.75 Å². The highest BCUT2D eigenvalue weighted by Crippen LogP contribution is 2.38. The molecule has 1 aromatic heterocycles. The molecule has 1 fully saturated rings. The van der Waals surface area contributed by atoms with E-state index >= 15 is 0 Å². The maximum Gasteiger partial charge on any atom is 0.511 e. The second-order valence-electron chi connectivity index (χ2n) is 9.28. The molecule has 1 atom stereocenters. The molecule has 1 aliphatic carbocycles. The lowest BCUT2D eigenvalue weighted by atomic mass is 9.97. The molecule has 1 aliphatic heterocycles. The molecule has 1 saturated carbocycles. The van der Waals surface area contributed by atoms with E-state index in [-0.39, 0.29) is 13.1 Å². The average molecular weight is 501 g/mol.